The summed E-state index contributed by atoms with van der Waals surface area (Å²) in [6.45, 7) is 2.58. The van der Waals surface area contributed by atoms with Crippen LogP contribution in [0.15, 0.2) is 53.8 Å². The lowest BCUT2D eigenvalue weighted by Gasteiger charge is -2.27. The number of aromatic nitrogens is 1. The third kappa shape index (κ3) is 4.24. The molecule has 3 nitrogen and oxygen atoms in total. The van der Waals surface area contributed by atoms with Gasteiger partial charge in [0.1, 0.15) is 0 Å². The first-order valence-electron chi connectivity index (χ1n) is 7.37. The van der Waals surface area contributed by atoms with Gasteiger partial charge < -0.3 is 4.90 Å². The van der Waals surface area contributed by atoms with Crippen molar-refractivity contribution in [1.82, 2.24) is 9.88 Å². The van der Waals surface area contributed by atoms with Crippen LogP contribution in [-0.4, -0.2) is 27.3 Å². The van der Waals surface area contributed by atoms with Crippen LogP contribution in [0.3, 0.4) is 0 Å². The van der Waals surface area contributed by atoms with Gasteiger partial charge in [-0.1, -0.05) is 41.6 Å². The number of benzene rings is 1. The van der Waals surface area contributed by atoms with Gasteiger partial charge in [-0.3, -0.25) is 9.98 Å². The molecule has 0 amide bonds. The van der Waals surface area contributed by atoms with Gasteiger partial charge in [-0.15, -0.1) is 0 Å². The summed E-state index contributed by atoms with van der Waals surface area (Å²) in [5.74, 6) is 1.14. The van der Waals surface area contributed by atoms with Gasteiger partial charge in [-0.2, -0.15) is 0 Å². The predicted octanol–water partition coefficient (Wildman–Crippen LogP) is 4.23. The summed E-state index contributed by atoms with van der Waals surface area (Å²) in [6, 6.07) is 12.1. The third-order valence-electron chi connectivity index (χ3n) is 3.43. The molecular formula is C17H18ClN3S. The first kappa shape index (κ1) is 15.4. The number of halogens is 1. The second kappa shape index (κ2) is 7.65. The Morgan fingerprint density at radius 3 is 2.59 bits per heavy atom. The molecule has 0 saturated carbocycles. The van der Waals surface area contributed by atoms with Crippen LogP contribution in [0.2, 0.25) is 5.02 Å². The summed E-state index contributed by atoms with van der Waals surface area (Å²) in [6.07, 6.45) is 4.89. The molecule has 0 fully saturated rings. The lowest BCUT2D eigenvalue weighted by atomic mass is 10.2. The second-order valence-corrected chi connectivity index (χ2v) is 6.71. The van der Waals surface area contributed by atoms with Crippen molar-refractivity contribution in [2.45, 2.75) is 19.5 Å². The zero-order valence-electron chi connectivity index (χ0n) is 12.3. The molecule has 0 spiro atoms. The number of thioether (sulfide) groups is 1. The Balaban J connectivity index is 1.79. The fourth-order valence-electron chi connectivity index (χ4n) is 2.35. The summed E-state index contributed by atoms with van der Waals surface area (Å²) < 4.78 is 0. The van der Waals surface area contributed by atoms with E-state index in [0.717, 1.165) is 42.0 Å². The van der Waals surface area contributed by atoms with Gasteiger partial charge in [0, 0.05) is 42.8 Å². The molecule has 1 aromatic carbocycles. The molecule has 0 bridgehead atoms. The maximum absolute atomic E-state index is 5.98. The van der Waals surface area contributed by atoms with Crippen LogP contribution in [0.1, 0.15) is 17.5 Å². The highest BCUT2D eigenvalue weighted by Gasteiger charge is 2.16. The molecule has 1 aliphatic heterocycles. The van der Waals surface area contributed by atoms with Crippen LogP contribution in [-0.2, 0) is 13.1 Å². The van der Waals surface area contributed by atoms with E-state index in [1.807, 2.05) is 36.2 Å². The van der Waals surface area contributed by atoms with Gasteiger partial charge in [0.2, 0.25) is 0 Å². The molecular weight excluding hydrogens is 314 g/mol. The Bertz CT molecular complexity index is 628. The van der Waals surface area contributed by atoms with Crippen molar-refractivity contribution >= 4 is 28.5 Å². The SMILES string of the molecule is Clc1ccc(CN(Cc2cccnc2)C2=NCCCS2)cc1. The van der Waals surface area contributed by atoms with Crippen LogP contribution in [0.25, 0.3) is 0 Å². The van der Waals surface area contributed by atoms with Crippen molar-refractivity contribution in [3.8, 4) is 0 Å². The van der Waals surface area contributed by atoms with Gasteiger partial charge in [0.25, 0.3) is 0 Å². The Labute approximate surface area is 140 Å². The maximum atomic E-state index is 5.98. The number of hydrogen-bond donors (Lipinski definition) is 0. The number of amidine groups is 1. The first-order chi connectivity index (χ1) is 10.8. The lowest BCUT2D eigenvalue weighted by molar-refractivity contribution is 0.412. The van der Waals surface area contributed by atoms with Gasteiger partial charge in [-0.05, 0) is 35.7 Å². The Morgan fingerprint density at radius 2 is 1.91 bits per heavy atom. The molecule has 0 radical (unpaired) electrons. The number of aliphatic imine (C=N–C) groups is 1. The molecule has 114 valence electrons. The first-order valence-corrected chi connectivity index (χ1v) is 8.73. The molecule has 0 N–H and O–H groups in total. The number of nitrogens with zero attached hydrogens (tertiary/aromatic N) is 3. The lowest BCUT2D eigenvalue weighted by Crippen LogP contribution is -2.30. The largest absolute Gasteiger partial charge is 0.343 e. The van der Waals surface area contributed by atoms with E-state index in [0.29, 0.717) is 0 Å². The summed E-state index contributed by atoms with van der Waals surface area (Å²) in [5.41, 5.74) is 2.44. The van der Waals surface area contributed by atoms with Crippen molar-refractivity contribution in [3.63, 3.8) is 0 Å². The molecule has 0 saturated heterocycles. The fourth-order valence-corrected chi connectivity index (χ4v) is 3.43. The quantitative estimate of drug-likeness (QED) is 0.839. The molecule has 22 heavy (non-hydrogen) atoms. The Kier molecular flexibility index (Phi) is 5.35. The highest BCUT2D eigenvalue weighted by atomic mass is 35.5. The van der Waals surface area contributed by atoms with Crippen LogP contribution < -0.4 is 0 Å². The van der Waals surface area contributed by atoms with Gasteiger partial charge in [-0.25, -0.2) is 0 Å². The molecule has 1 aromatic heterocycles. The smallest absolute Gasteiger partial charge is 0.159 e. The molecule has 2 aromatic rings. The molecule has 0 atom stereocenters. The average molecular weight is 332 g/mol. The van der Waals surface area contributed by atoms with E-state index in [1.165, 1.54) is 11.1 Å². The van der Waals surface area contributed by atoms with E-state index >= 15 is 0 Å². The molecule has 3 rings (SSSR count). The van der Waals surface area contributed by atoms with Crippen molar-refractivity contribution in [3.05, 3.63) is 64.9 Å². The highest BCUT2D eigenvalue weighted by Crippen LogP contribution is 2.21. The van der Waals surface area contributed by atoms with Crippen molar-refractivity contribution in [2.24, 2.45) is 4.99 Å². The minimum Gasteiger partial charge on any atom is -0.343 e. The van der Waals surface area contributed by atoms with E-state index in [2.05, 4.69) is 28.1 Å². The van der Waals surface area contributed by atoms with Gasteiger partial charge in [0.15, 0.2) is 5.17 Å². The van der Waals surface area contributed by atoms with Gasteiger partial charge >= 0.3 is 0 Å². The normalized spacial score (nSPS) is 14.5. The zero-order valence-corrected chi connectivity index (χ0v) is 13.9. The monoisotopic (exact) mass is 331 g/mol. The molecule has 5 heteroatoms. The molecule has 0 unspecified atom stereocenters. The Hall–Kier alpha value is -1.52. The van der Waals surface area contributed by atoms with E-state index in [4.69, 9.17) is 16.6 Å². The minimum atomic E-state index is 0.770. The topological polar surface area (TPSA) is 28.5 Å². The van der Waals surface area contributed by atoms with E-state index < -0.39 is 0 Å². The fraction of sp³-hybridized carbons (Fsp3) is 0.294. The maximum Gasteiger partial charge on any atom is 0.159 e. The number of hydrogen-bond acceptors (Lipinski definition) is 4. The van der Waals surface area contributed by atoms with Crippen LogP contribution in [0, 0.1) is 0 Å². The summed E-state index contributed by atoms with van der Waals surface area (Å²) >= 11 is 7.82. The van der Waals surface area contributed by atoms with Crippen molar-refractivity contribution in [1.29, 1.82) is 0 Å². The predicted molar refractivity (Wildman–Crippen MR) is 94.3 cm³/mol. The van der Waals surface area contributed by atoms with Gasteiger partial charge in [0.05, 0.1) is 0 Å². The third-order valence-corrected chi connectivity index (χ3v) is 4.82. The molecule has 0 aliphatic carbocycles. The average Bonchev–Trinajstić information content (AvgIpc) is 2.58. The number of pyridine rings is 1. The molecule has 2 heterocycles. The van der Waals surface area contributed by atoms with Crippen molar-refractivity contribution < 1.29 is 0 Å². The van der Waals surface area contributed by atoms with Crippen LogP contribution in [0.4, 0.5) is 0 Å². The summed E-state index contributed by atoms with van der Waals surface area (Å²) in [7, 11) is 0. The van der Waals surface area contributed by atoms with E-state index in [9.17, 15) is 0 Å². The van der Waals surface area contributed by atoms with Crippen LogP contribution in [0.5, 0.6) is 0 Å². The standard InChI is InChI=1S/C17H18ClN3S/c18-16-6-4-14(5-7-16)12-21(17-20-9-2-10-22-17)13-15-3-1-8-19-11-15/h1,3-8,11H,2,9-10,12-13H2. The summed E-state index contributed by atoms with van der Waals surface area (Å²) in [4.78, 5) is 11.2. The summed E-state index contributed by atoms with van der Waals surface area (Å²) in [5, 5.41) is 1.90. The van der Waals surface area contributed by atoms with Crippen molar-refractivity contribution in [2.75, 3.05) is 12.3 Å². The zero-order chi connectivity index (χ0) is 15.2. The Morgan fingerprint density at radius 1 is 1.09 bits per heavy atom. The highest BCUT2D eigenvalue weighted by molar-refractivity contribution is 8.13. The van der Waals surface area contributed by atoms with E-state index in [-0.39, 0.29) is 0 Å². The van der Waals surface area contributed by atoms with E-state index in [1.54, 1.807) is 6.20 Å². The van der Waals surface area contributed by atoms with Crippen LogP contribution >= 0.6 is 23.4 Å². The molecule has 1 aliphatic rings. The number of rotatable bonds is 4. The second-order valence-electron chi connectivity index (χ2n) is 5.21. The minimum absolute atomic E-state index is 0.770.